The Kier molecular flexibility index (Phi) is 4.70. The molecule has 0 amide bonds. The molecule has 1 saturated heterocycles. The number of carboxylic acid groups (broad SMARTS) is 1. The number of likely N-dealkylation sites (tertiary alicyclic amines) is 1. The van der Waals surface area contributed by atoms with Crippen molar-refractivity contribution in [1.82, 2.24) is 4.90 Å². The van der Waals surface area contributed by atoms with Crippen molar-refractivity contribution in [2.45, 2.75) is 50.7 Å². The molecule has 7 heteroatoms. The predicted octanol–water partition coefficient (Wildman–Crippen LogP) is 4.07. The summed E-state index contributed by atoms with van der Waals surface area (Å²) < 4.78 is 5.94. The summed E-state index contributed by atoms with van der Waals surface area (Å²) in [6.45, 7) is 0.477. The first-order valence-electron chi connectivity index (χ1n) is 9.35. The normalized spacial score (nSPS) is 25.3. The minimum absolute atomic E-state index is 0.0373. The fourth-order valence-electron chi connectivity index (χ4n) is 4.57. The fraction of sp³-hybridized carbons (Fsp3) is 0.450. The number of furan rings is 1. The molecule has 1 aliphatic carbocycles. The van der Waals surface area contributed by atoms with E-state index in [9.17, 15) is 20.0 Å². The second kappa shape index (κ2) is 7.15. The summed E-state index contributed by atoms with van der Waals surface area (Å²) in [6.07, 6.45) is 5.21. The third-order valence-corrected chi connectivity index (χ3v) is 5.87. The molecule has 4 rings (SSSR count). The van der Waals surface area contributed by atoms with Gasteiger partial charge in [-0.25, -0.2) is 0 Å². The number of rotatable bonds is 5. The monoisotopic (exact) mass is 370 g/mol. The molecule has 0 radical (unpaired) electrons. The van der Waals surface area contributed by atoms with Gasteiger partial charge in [0.2, 0.25) is 0 Å². The van der Waals surface area contributed by atoms with Crippen LogP contribution in [0.5, 0.6) is 0 Å². The summed E-state index contributed by atoms with van der Waals surface area (Å²) in [5, 5.41) is 20.4. The van der Waals surface area contributed by atoms with Gasteiger partial charge in [-0.1, -0.05) is 12.8 Å². The summed E-state index contributed by atoms with van der Waals surface area (Å²) >= 11 is 0. The lowest BCUT2D eigenvalue weighted by Gasteiger charge is -2.32. The number of benzene rings is 1. The number of non-ortho nitro benzene ring substituents is 1. The Morgan fingerprint density at radius 2 is 1.93 bits per heavy atom. The highest BCUT2D eigenvalue weighted by atomic mass is 16.6. The van der Waals surface area contributed by atoms with Crippen molar-refractivity contribution in [3.05, 3.63) is 52.3 Å². The van der Waals surface area contributed by atoms with E-state index in [1.807, 2.05) is 12.1 Å². The van der Waals surface area contributed by atoms with Gasteiger partial charge in [0, 0.05) is 23.7 Å². The number of nitro groups is 1. The van der Waals surface area contributed by atoms with Crippen LogP contribution in [-0.4, -0.2) is 33.0 Å². The van der Waals surface area contributed by atoms with Crippen molar-refractivity contribution in [2.75, 3.05) is 0 Å². The number of aliphatic carboxylic acids is 1. The Morgan fingerprint density at radius 1 is 1.19 bits per heavy atom. The Morgan fingerprint density at radius 3 is 2.63 bits per heavy atom. The molecule has 1 aromatic heterocycles. The number of carbonyl (C=O) groups is 1. The maximum absolute atomic E-state index is 11.7. The van der Waals surface area contributed by atoms with Crippen LogP contribution in [-0.2, 0) is 11.3 Å². The van der Waals surface area contributed by atoms with Gasteiger partial charge in [0.05, 0.1) is 11.5 Å². The third-order valence-electron chi connectivity index (χ3n) is 5.87. The topological polar surface area (TPSA) is 96.8 Å². The van der Waals surface area contributed by atoms with Crippen LogP contribution >= 0.6 is 0 Å². The van der Waals surface area contributed by atoms with E-state index in [4.69, 9.17) is 4.42 Å². The van der Waals surface area contributed by atoms with Crippen LogP contribution in [0.15, 0.2) is 40.8 Å². The molecule has 7 nitrogen and oxygen atoms in total. The van der Waals surface area contributed by atoms with Gasteiger partial charge in [0.1, 0.15) is 17.6 Å². The first-order valence-corrected chi connectivity index (χ1v) is 9.35. The van der Waals surface area contributed by atoms with Crippen LogP contribution in [0, 0.1) is 16.0 Å². The van der Waals surface area contributed by atoms with Gasteiger partial charge < -0.3 is 9.52 Å². The van der Waals surface area contributed by atoms with Crippen molar-refractivity contribution < 1.29 is 19.2 Å². The molecule has 1 N–H and O–H groups in total. The van der Waals surface area contributed by atoms with Crippen LogP contribution in [0.4, 0.5) is 5.69 Å². The Hall–Kier alpha value is -2.67. The Balaban J connectivity index is 1.52. The van der Waals surface area contributed by atoms with Crippen LogP contribution in [0.3, 0.4) is 0 Å². The molecule has 0 spiro atoms. The molecule has 1 saturated carbocycles. The van der Waals surface area contributed by atoms with E-state index < -0.39 is 16.9 Å². The van der Waals surface area contributed by atoms with E-state index in [0.29, 0.717) is 24.3 Å². The van der Waals surface area contributed by atoms with Crippen LogP contribution < -0.4 is 0 Å². The zero-order valence-corrected chi connectivity index (χ0v) is 14.9. The van der Waals surface area contributed by atoms with E-state index in [0.717, 1.165) is 37.0 Å². The predicted molar refractivity (Wildman–Crippen MR) is 98.1 cm³/mol. The number of nitrogens with zero attached hydrogens (tertiary/aromatic N) is 2. The van der Waals surface area contributed by atoms with Gasteiger partial charge in [0.25, 0.3) is 5.69 Å². The van der Waals surface area contributed by atoms with Gasteiger partial charge in [-0.15, -0.1) is 0 Å². The summed E-state index contributed by atoms with van der Waals surface area (Å²) in [4.78, 5) is 24.2. The quantitative estimate of drug-likeness (QED) is 0.629. The minimum Gasteiger partial charge on any atom is -0.480 e. The average Bonchev–Trinajstić information content (AvgIpc) is 3.27. The fourth-order valence-corrected chi connectivity index (χ4v) is 4.57. The number of nitro benzene ring substituents is 1. The maximum atomic E-state index is 11.7. The summed E-state index contributed by atoms with van der Waals surface area (Å²) in [5.41, 5.74) is 0.800. The molecular formula is C20H22N2O5. The largest absolute Gasteiger partial charge is 0.480 e. The molecule has 1 aliphatic heterocycles. The van der Waals surface area contributed by atoms with Crippen molar-refractivity contribution in [3.63, 3.8) is 0 Å². The molecule has 2 aromatic rings. The summed E-state index contributed by atoms with van der Waals surface area (Å²) in [7, 11) is 0. The summed E-state index contributed by atoms with van der Waals surface area (Å²) in [5.74, 6) is 1.06. The lowest BCUT2D eigenvalue weighted by molar-refractivity contribution is -0.384. The van der Waals surface area contributed by atoms with Crippen LogP contribution in [0.1, 0.15) is 37.9 Å². The molecule has 1 aromatic carbocycles. The second-order valence-corrected chi connectivity index (χ2v) is 7.44. The third kappa shape index (κ3) is 3.47. The van der Waals surface area contributed by atoms with Crippen molar-refractivity contribution in [1.29, 1.82) is 0 Å². The molecule has 3 unspecified atom stereocenters. The van der Waals surface area contributed by atoms with E-state index in [-0.39, 0.29) is 5.69 Å². The zero-order valence-electron chi connectivity index (χ0n) is 14.9. The summed E-state index contributed by atoms with van der Waals surface area (Å²) in [6, 6.07) is 9.78. The van der Waals surface area contributed by atoms with E-state index in [1.54, 1.807) is 12.1 Å². The highest BCUT2D eigenvalue weighted by Crippen LogP contribution is 2.41. The standard InChI is InChI=1S/C20H22N2O5/c23-20(24)18-11-14-3-1-2-4-17(14)21(18)12-16-9-10-19(27-16)13-5-7-15(8-6-13)22(25)26/h5-10,14,17-18H,1-4,11-12H2,(H,23,24). The van der Waals surface area contributed by atoms with E-state index in [2.05, 4.69) is 4.90 Å². The minimum atomic E-state index is -0.758. The first kappa shape index (κ1) is 17.7. The van der Waals surface area contributed by atoms with Crippen molar-refractivity contribution in [2.24, 2.45) is 5.92 Å². The van der Waals surface area contributed by atoms with E-state index >= 15 is 0 Å². The molecule has 2 aliphatic rings. The smallest absolute Gasteiger partial charge is 0.320 e. The van der Waals surface area contributed by atoms with E-state index in [1.165, 1.54) is 18.6 Å². The average molecular weight is 370 g/mol. The van der Waals surface area contributed by atoms with Crippen molar-refractivity contribution >= 4 is 11.7 Å². The maximum Gasteiger partial charge on any atom is 0.320 e. The van der Waals surface area contributed by atoms with Gasteiger partial charge >= 0.3 is 5.97 Å². The molecule has 0 bridgehead atoms. The number of fused-ring (bicyclic) bond motifs is 1. The SMILES string of the molecule is O=C(O)C1CC2CCCCC2N1Cc1ccc(-c2ccc([N+](=O)[O-])cc2)o1. The zero-order chi connectivity index (χ0) is 19.0. The van der Waals surface area contributed by atoms with Crippen LogP contribution in [0.25, 0.3) is 11.3 Å². The number of hydrogen-bond donors (Lipinski definition) is 1. The van der Waals surface area contributed by atoms with Crippen molar-refractivity contribution in [3.8, 4) is 11.3 Å². The molecule has 2 heterocycles. The lowest BCUT2D eigenvalue weighted by atomic mass is 9.85. The molecule has 27 heavy (non-hydrogen) atoms. The number of hydrogen-bond acceptors (Lipinski definition) is 5. The Bertz CT molecular complexity index is 844. The molecule has 142 valence electrons. The highest BCUT2D eigenvalue weighted by molar-refractivity contribution is 5.74. The second-order valence-electron chi connectivity index (χ2n) is 7.44. The molecular weight excluding hydrogens is 348 g/mol. The van der Waals surface area contributed by atoms with Gasteiger partial charge in [-0.2, -0.15) is 0 Å². The molecule has 2 fully saturated rings. The van der Waals surface area contributed by atoms with Gasteiger partial charge in [0.15, 0.2) is 0 Å². The van der Waals surface area contributed by atoms with Gasteiger partial charge in [-0.3, -0.25) is 19.8 Å². The molecule has 3 atom stereocenters. The van der Waals surface area contributed by atoms with Crippen LogP contribution in [0.2, 0.25) is 0 Å². The lowest BCUT2D eigenvalue weighted by Crippen LogP contribution is -2.41. The Labute approximate surface area is 156 Å². The highest BCUT2D eigenvalue weighted by Gasteiger charge is 2.45. The van der Waals surface area contributed by atoms with Gasteiger partial charge in [-0.05, 0) is 49.4 Å². The number of carboxylic acids is 1. The first-order chi connectivity index (χ1) is 13.0.